The third-order valence-corrected chi connectivity index (χ3v) is 6.67. The monoisotopic (exact) mass is 485 g/mol. The second kappa shape index (κ2) is 9.60. The Morgan fingerprint density at radius 3 is 2.72 bits per heavy atom. The Kier molecular flexibility index (Phi) is 6.00. The summed E-state index contributed by atoms with van der Waals surface area (Å²) < 4.78 is 11.2. The molecule has 1 saturated heterocycles. The predicted molar refractivity (Wildman–Crippen MR) is 135 cm³/mol. The van der Waals surface area contributed by atoms with Crippen LogP contribution in [0.1, 0.15) is 28.9 Å². The van der Waals surface area contributed by atoms with Crippen molar-refractivity contribution >= 4 is 22.5 Å². The van der Waals surface area contributed by atoms with E-state index in [1.54, 1.807) is 18.2 Å². The topological polar surface area (TPSA) is 113 Å². The van der Waals surface area contributed by atoms with Crippen LogP contribution in [-0.2, 0) is 6.54 Å². The highest BCUT2D eigenvalue weighted by Crippen LogP contribution is 2.33. The number of likely N-dealkylation sites (tertiary alicyclic amines) is 1. The normalized spacial score (nSPS) is 16.2. The highest BCUT2D eigenvalue weighted by molar-refractivity contribution is 6.11. The van der Waals surface area contributed by atoms with Gasteiger partial charge in [-0.25, -0.2) is 0 Å². The lowest BCUT2D eigenvalue weighted by atomic mass is 10.0. The highest BCUT2D eigenvalue weighted by atomic mass is 16.6. The van der Waals surface area contributed by atoms with Crippen molar-refractivity contribution < 1.29 is 19.4 Å². The number of ether oxygens (including phenoxy) is 2. The molecule has 0 bridgehead atoms. The van der Waals surface area contributed by atoms with Crippen LogP contribution in [-0.4, -0.2) is 63.5 Å². The standard InChI is InChI=1S/C27H27N5O4/c33-21-5-7-32(8-6-21)16-17-11-19(15-28-14-17)18-1-3-23-22(12-18)26(31-30-23)27(34)29-20-2-4-24-25(13-20)36-10-9-35-24/h1-4,11-15,21,33H,5-10,16H2,(H,29,34)(H,30,31). The number of carbonyl (C=O) groups excluding carboxylic acids is 1. The van der Waals surface area contributed by atoms with Crippen LogP contribution in [0.3, 0.4) is 0 Å². The van der Waals surface area contributed by atoms with E-state index in [0.29, 0.717) is 36.1 Å². The number of H-pyrrole nitrogens is 1. The van der Waals surface area contributed by atoms with Crippen LogP contribution < -0.4 is 14.8 Å². The van der Waals surface area contributed by atoms with Crippen LogP contribution in [0, 0.1) is 0 Å². The van der Waals surface area contributed by atoms with Crippen molar-refractivity contribution in [2.75, 3.05) is 31.6 Å². The molecule has 36 heavy (non-hydrogen) atoms. The van der Waals surface area contributed by atoms with Crippen LogP contribution in [0.15, 0.2) is 54.9 Å². The Morgan fingerprint density at radius 2 is 1.86 bits per heavy atom. The molecule has 2 aromatic heterocycles. The molecule has 3 N–H and O–H groups in total. The number of amides is 1. The van der Waals surface area contributed by atoms with Crippen molar-refractivity contribution in [2.45, 2.75) is 25.5 Å². The number of aliphatic hydroxyl groups is 1. The Hall–Kier alpha value is -3.95. The summed E-state index contributed by atoms with van der Waals surface area (Å²) in [7, 11) is 0. The van der Waals surface area contributed by atoms with Gasteiger partial charge in [-0.2, -0.15) is 5.10 Å². The van der Waals surface area contributed by atoms with Gasteiger partial charge in [0.25, 0.3) is 5.91 Å². The molecule has 9 nitrogen and oxygen atoms in total. The summed E-state index contributed by atoms with van der Waals surface area (Å²) in [5, 5.41) is 20.6. The van der Waals surface area contributed by atoms with E-state index < -0.39 is 0 Å². The number of piperidine rings is 1. The zero-order valence-corrected chi connectivity index (χ0v) is 19.7. The fraction of sp³-hybridized carbons (Fsp3) is 0.296. The Bertz CT molecular complexity index is 1410. The van der Waals surface area contributed by atoms with Crippen molar-refractivity contribution in [3.05, 3.63) is 66.1 Å². The number of pyridine rings is 1. The van der Waals surface area contributed by atoms with E-state index in [0.717, 1.165) is 60.1 Å². The first-order chi connectivity index (χ1) is 17.6. The number of hydrogen-bond donors (Lipinski definition) is 3. The highest BCUT2D eigenvalue weighted by Gasteiger charge is 2.19. The smallest absolute Gasteiger partial charge is 0.276 e. The van der Waals surface area contributed by atoms with Crippen molar-refractivity contribution in [1.82, 2.24) is 20.1 Å². The molecular formula is C27H27N5O4. The van der Waals surface area contributed by atoms with Gasteiger partial charge in [0.1, 0.15) is 13.2 Å². The summed E-state index contributed by atoms with van der Waals surface area (Å²) in [6, 6.07) is 13.4. The van der Waals surface area contributed by atoms with E-state index in [4.69, 9.17) is 9.47 Å². The minimum absolute atomic E-state index is 0.187. The van der Waals surface area contributed by atoms with Crippen LogP contribution in [0.4, 0.5) is 5.69 Å². The Balaban J connectivity index is 1.23. The van der Waals surface area contributed by atoms with Gasteiger partial charge in [-0.3, -0.25) is 19.8 Å². The van der Waals surface area contributed by atoms with Gasteiger partial charge in [0, 0.05) is 54.7 Å². The summed E-state index contributed by atoms with van der Waals surface area (Å²) in [6.07, 6.45) is 5.15. The second-order valence-electron chi connectivity index (χ2n) is 9.23. The molecule has 2 aliphatic rings. The molecule has 184 valence electrons. The molecule has 0 aliphatic carbocycles. The first-order valence-electron chi connectivity index (χ1n) is 12.2. The van der Waals surface area contributed by atoms with Gasteiger partial charge >= 0.3 is 0 Å². The van der Waals surface area contributed by atoms with E-state index >= 15 is 0 Å². The zero-order chi connectivity index (χ0) is 24.5. The van der Waals surface area contributed by atoms with Gasteiger partial charge in [0.15, 0.2) is 17.2 Å². The van der Waals surface area contributed by atoms with E-state index in [1.165, 1.54) is 0 Å². The van der Waals surface area contributed by atoms with Gasteiger partial charge in [-0.05, 0) is 54.3 Å². The van der Waals surface area contributed by atoms with Crippen LogP contribution >= 0.6 is 0 Å². The summed E-state index contributed by atoms with van der Waals surface area (Å²) in [6.45, 7) is 3.56. The van der Waals surface area contributed by atoms with E-state index in [1.807, 2.05) is 30.6 Å². The molecule has 2 aromatic carbocycles. The molecule has 4 heterocycles. The molecule has 0 radical (unpaired) electrons. The number of nitrogens with zero attached hydrogens (tertiary/aromatic N) is 3. The SMILES string of the molecule is O=C(Nc1ccc2c(c1)OCCO2)c1n[nH]c2ccc(-c3cncc(CN4CCC(O)CC4)c3)cc12. The first-order valence-corrected chi connectivity index (χ1v) is 12.2. The minimum Gasteiger partial charge on any atom is -0.486 e. The number of nitrogens with one attached hydrogen (secondary N) is 2. The quantitative estimate of drug-likeness (QED) is 0.396. The minimum atomic E-state index is -0.311. The fourth-order valence-electron chi connectivity index (χ4n) is 4.75. The maximum Gasteiger partial charge on any atom is 0.276 e. The van der Waals surface area contributed by atoms with Gasteiger partial charge < -0.3 is 19.9 Å². The number of aliphatic hydroxyl groups excluding tert-OH is 1. The van der Waals surface area contributed by atoms with Gasteiger partial charge in [0.2, 0.25) is 0 Å². The van der Waals surface area contributed by atoms with E-state index in [9.17, 15) is 9.90 Å². The maximum atomic E-state index is 13.1. The first kappa shape index (κ1) is 22.5. The third-order valence-electron chi connectivity index (χ3n) is 6.67. The van der Waals surface area contributed by atoms with Crippen molar-refractivity contribution in [3.8, 4) is 22.6 Å². The molecule has 9 heteroatoms. The number of rotatable bonds is 5. The predicted octanol–water partition coefficient (Wildman–Crippen LogP) is 3.61. The molecule has 6 rings (SSSR count). The van der Waals surface area contributed by atoms with Crippen molar-refractivity contribution in [3.63, 3.8) is 0 Å². The molecule has 4 aromatic rings. The average Bonchev–Trinajstić information content (AvgIpc) is 3.34. The number of fused-ring (bicyclic) bond motifs is 2. The molecule has 2 aliphatic heterocycles. The summed E-state index contributed by atoms with van der Waals surface area (Å²) in [4.78, 5) is 19.9. The summed E-state index contributed by atoms with van der Waals surface area (Å²) in [5.74, 6) is 0.971. The van der Waals surface area contributed by atoms with Crippen LogP contribution in [0.25, 0.3) is 22.0 Å². The molecule has 0 saturated carbocycles. The van der Waals surface area contributed by atoms with Gasteiger partial charge in [-0.1, -0.05) is 6.07 Å². The lowest BCUT2D eigenvalue weighted by Gasteiger charge is -2.29. The number of carbonyl (C=O) groups is 1. The maximum absolute atomic E-state index is 13.1. The lowest BCUT2D eigenvalue weighted by molar-refractivity contribution is 0.0792. The number of anilines is 1. The number of hydrogen-bond acceptors (Lipinski definition) is 7. The van der Waals surface area contributed by atoms with Gasteiger partial charge in [0.05, 0.1) is 11.6 Å². The van der Waals surface area contributed by atoms with Crippen molar-refractivity contribution in [2.24, 2.45) is 0 Å². The van der Waals surface area contributed by atoms with E-state index in [2.05, 4.69) is 31.5 Å². The molecule has 0 spiro atoms. The number of aromatic amines is 1. The summed E-state index contributed by atoms with van der Waals surface area (Å²) >= 11 is 0. The Morgan fingerprint density at radius 1 is 1.03 bits per heavy atom. The molecule has 0 unspecified atom stereocenters. The van der Waals surface area contributed by atoms with Crippen LogP contribution in [0.2, 0.25) is 0 Å². The molecular weight excluding hydrogens is 458 g/mol. The van der Waals surface area contributed by atoms with Gasteiger partial charge in [-0.15, -0.1) is 0 Å². The molecule has 0 atom stereocenters. The average molecular weight is 486 g/mol. The number of benzene rings is 2. The molecule has 1 amide bonds. The fourth-order valence-corrected chi connectivity index (χ4v) is 4.75. The lowest BCUT2D eigenvalue weighted by Crippen LogP contribution is -2.35. The molecule has 1 fully saturated rings. The van der Waals surface area contributed by atoms with E-state index in [-0.39, 0.29) is 12.0 Å². The summed E-state index contributed by atoms with van der Waals surface area (Å²) in [5.41, 5.74) is 4.76. The van der Waals surface area contributed by atoms with Crippen molar-refractivity contribution in [1.29, 1.82) is 0 Å². The Labute approximate surface area is 208 Å². The number of aromatic nitrogens is 3. The second-order valence-corrected chi connectivity index (χ2v) is 9.23. The largest absolute Gasteiger partial charge is 0.486 e. The van der Waals surface area contributed by atoms with Crippen LogP contribution in [0.5, 0.6) is 11.5 Å². The third kappa shape index (κ3) is 4.62. The zero-order valence-electron chi connectivity index (χ0n) is 19.7.